The molecule has 1 saturated heterocycles. The molecule has 0 bridgehead atoms. The number of nitrogens with one attached hydrogen (secondary N) is 1. The number of benzene rings is 2. The van der Waals surface area contributed by atoms with Crippen LogP contribution in [0.15, 0.2) is 48.5 Å². The highest BCUT2D eigenvalue weighted by Crippen LogP contribution is 2.42. The van der Waals surface area contributed by atoms with Crippen molar-refractivity contribution in [3.8, 4) is 5.75 Å². The van der Waals surface area contributed by atoms with E-state index in [2.05, 4.69) is 10.1 Å². The van der Waals surface area contributed by atoms with Crippen LogP contribution >= 0.6 is 0 Å². The van der Waals surface area contributed by atoms with Crippen molar-refractivity contribution in [1.29, 1.82) is 0 Å². The molecule has 2 aromatic rings. The number of esters is 1. The predicted octanol–water partition coefficient (Wildman–Crippen LogP) is 3.58. The molecule has 0 aromatic heterocycles. The maximum absolute atomic E-state index is 14.0. The molecule has 1 fully saturated rings. The van der Waals surface area contributed by atoms with Gasteiger partial charge in [0.05, 0.1) is 14.2 Å². The molecule has 28 heavy (non-hydrogen) atoms. The third kappa shape index (κ3) is 3.77. The SMILES string of the molecule is COC(=O)[C@@H]1N[C@@H](c2ccc(C)cc2)N(c2ccc(OC)cc2)[C@H]1C(F)(F)F. The first-order valence-electron chi connectivity index (χ1n) is 8.66. The van der Waals surface area contributed by atoms with E-state index in [-0.39, 0.29) is 0 Å². The molecule has 1 aliphatic heterocycles. The minimum Gasteiger partial charge on any atom is -0.497 e. The Labute approximate surface area is 161 Å². The average Bonchev–Trinajstić information content (AvgIpc) is 3.09. The number of alkyl halides is 3. The molecule has 1 N–H and O–H groups in total. The van der Waals surface area contributed by atoms with Crippen molar-refractivity contribution in [3.05, 3.63) is 59.7 Å². The van der Waals surface area contributed by atoms with Gasteiger partial charge in [-0.2, -0.15) is 13.2 Å². The summed E-state index contributed by atoms with van der Waals surface area (Å²) in [4.78, 5) is 13.3. The second-order valence-electron chi connectivity index (χ2n) is 6.57. The zero-order valence-electron chi connectivity index (χ0n) is 15.7. The summed E-state index contributed by atoms with van der Waals surface area (Å²) in [5.74, 6) is -0.439. The van der Waals surface area contributed by atoms with Crippen molar-refractivity contribution < 1.29 is 27.4 Å². The fourth-order valence-corrected chi connectivity index (χ4v) is 3.40. The second-order valence-corrected chi connectivity index (χ2v) is 6.57. The first-order valence-corrected chi connectivity index (χ1v) is 8.66. The van der Waals surface area contributed by atoms with Gasteiger partial charge < -0.3 is 14.4 Å². The summed E-state index contributed by atoms with van der Waals surface area (Å²) >= 11 is 0. The van der Waals surface area contributed by atoms with Crippen molar-refractivity contribution in [2.75, 3.05) is 19.1 Å². The van der Waals surface area contributed by atoms with Crippen LogP contribution in [-0.2, 0) is 9.53 Å². The standard InChI is InChI=1S/C20H21F3N2O3/c1-12-4-6-13(7-5-12)18-24-16(19(26)28-3)17(20(21,22)23)25(18)14-8-10-15(27-2)11-9-14/h4-11,16-18,24H,1-3H3/t16-,17-,18-/m1/s1. The normalized spacial score (nSPS) is 22.2. The zero-order valence-corrected chi connectivity index (χ0v) is 15.7. The number of hydrogen-bond donors (Lipinski definition) is 1. The Morgan fingerprint density at radius 2 is 1.64 bits per heavy atom. The molecule has 0 aliphatic carbocycles. The van der Waals surface area contributed by atoms with Crippen LogP contribution in [0, 0.1) is 6.92 Å². The number of ether oxygens (including phenoxy) is 2. The number of carbonyl (C=O) groups excluding carboxylic acids is 1. The Bertz CT molecular complexity index is 822. The van der Waals surface area contributed by atoms with Gasteiger partial charge in [-0.05, 0) is 36.8 Å². The molecule has 0 spiro atoms. The Kier molecular flexibility index (Phi) is 5.51. The zero-order chi connectivity index (χ0) is 20.5. The third-order valence-corrected chi connectivity index (χ3v) is 4.79. The molecule has 2 aromatic carbocycles. The number of nitrogens with zero attached hydrogens (tertiary/aromatic N) is 1. The molecule has 0 amide bonds. The largest absolute Gasteiger partial charge is 0.497 e. The monoisotopic (exact) mass is 394 g/mol. The number of rotatable bonds is 4. The van der Waals surface area contributed by atoms with E-state index in [4.69, 9.17) is 4.74 Å². The van der Waals surface area contributed by atoms with E-state index in [0.717, 1.165) is 12.7 Å². The van der Waals surface area contributed by atoms with Crippen molar-refractivity contribution in [1.82, 2.24) is 5.32 Å². The van der Waals surface area contributed by atoms with Gasteiger partial charge in [0.2, 0.25) is 0 Å². The maximum Gasteiger partial charge on any atom is 0.410 e. The van der Waals surface area contributed by atoms with Gasteiger partial charge in [-0.3, -0.25) is 10.1 Å². The van der Waals surface area contributed by atoms with Gasteiger partial charge in [-0.1, -0.05) is 29.8 Å². The molecule has 150 valence electrons. The summed E-state index contributed by atoms with van der Waals surface area (Å²) in [5, 5.41) is 2.81. The van der Waals surface area contributed by atoms with Crippen LogP contribution in [0.5, 0.6) is 5.75 Å². The molecule has 8 heteroatoms. The van der Waals surface area contributed by atoms with E-state index in [1.165, 1.54) is 12.0 Å². The van der Waals surface area contributed by atoms with Crippen molar-refractivity contribution >= 4 is 11.7 Å². The molecule has 0 radical (unpaired) electrons. The topological polar surface area (TPSA) is 50.8 Å². The Hall–Kier alpha value is -2.74. The molecule has 3 rings (SSSR count). The van der Waals surface area contributed by atoms with Crippen LogP contribution in [0.4, 0.5) is 18.9 Å². The first kappa shape index (κ1) is 20.0. The van der Waals surface area contributed by atoms with E-state index in [1.54, 1.807) is 36.4 Å². The number of methoxy groups -OCH3 is 2. The molecular weight excluding hydrogens is 373 g/mol. The van der Waals surface area contributed by atoms with E-state index in [0.29, 0.717) is 17.0 Å². The Balaban J connectivity index is 2.12. The molecule has 3 atom stereocenters. The summed E-state index contributed by atoms with van der Waals surface area (Å²) in [5.41, 5.74) is 1.91. The molecule has 5 nitrogen and oxygen atoms in total. The number of hydrogen-bond acceptors (Lipinski definition) is 5. The number of halogens is 3. The van der Waals surface area contributed by atoms with E-state index in [1.807, 2.05) is 19.1 Å². The minimum atomic E-state index is -4.66. The van der Waals surface area contributed by atoms with E-state index < -0.39 is 30.4 Å². The Morgan fingerprint density at radius 1 is 1.04 bits per heavy atom. The lowest BCUT2D eigenvalue weighted by Crippen LogP contribution is -2.51. The van der Waals surface area contributed by atoms with Gasteiger partial charge in [-0.25, -0.2) is 0 Å². The number of anilines is 1. The highest BCUT2D eigenvalue weighted by atomic mass is 19.4. The lowest BCUT2D eigenvalue weighted by molar-refractivity contribution is -0.164. The number of carbonyl (C=O) groups is 1. The lowest BCUT2D eigenvalue weighted by atomic mass is 10.1. The summed E-state index contributed by atoms with van der Waals surface area (Å²) in [6.45, 7) is 1.89. The predicted molar refractivity (Wildman–Crippen MR) is 98.2 cm³/mol. The molecule has 0 saturated carbocycles. The first-order chi connectivity index (χ1) is 13.3. The van der Waals surface area contributed by atoms with Crippen LogP contribution in [-0.4, -0.2) is 38.4 Å². The maximum atomic E-state index is 14.0. The molecular formula is C20H21F3N2O3. The highest BCUT2D eigenvalue weighted by molar-refractivity contribution is 5.79. The fraction of sp³-hybridized carbons (Fsp3) is 0.350. The van der Waals surface area contributed by atoms with Gasteiger partial charge in [0.15, 0.2) is 6.04 Å². The van der Waals surface area contributed by atoms with E-state index >= 15 is 0 Å². The molecule has 0 unspecified atom stereocenters. The van der Waals surface area contributed by atoms with Crippen LogP contribution in [0.25, 0.3) is 0 Å². The number of aryl methyl sites for hydroxylation is 1. The summed E-state index contributed by atoms with van der Waals surface area (Å²) < 4.78 is 51.8. The third-order valence-electron chi connectivity index (χ3n) is 4.79. The van der Waals surface area contributed by atoms with Crippen molar-refractivity contribution in [3.63, 3.8) is 0 Å². The molecule has 1 aliphatic rings. The van der Waals surface area contributed by atoms with Crippen LogP contribution in [0.3, 0.4) is 0 Å². The van der Waals surface area contributed by atoms with Crippen molar-refractivity contribution in [2.45, 2.75) is 31.3 Å². The van der Waals surface area contributed by atoms with Gasteiger partial charge in [-0.15, -0.1) is 0 Å². The quantitative estimate of drug-likeness (QED) is 0.804. The fourth-order valence-electron chi connectivity index (χ4n) is 3.40. The van der Waals surface area contributed by atoms with E-state index in [9.17, 15) is 18.0 Å². The van der Waals surface area contributed by atoms with Crippen LogP contribution in [0.2, 0.25) is 0 Å². The van der Waals surface area contributed by atoms with Gasteiger partial charge in [0.1, 0.15) is 18.0 Å². The second kappa shape index (κ2) is 7.71. The molecule has 1 heterocycles. The summed E-state index contributed by atoms with van der Waals surface area (Å²) in [6, 6.07) is 9.74. The highest BCUT2D eigenvalue weighted by Gasteiger charge is 2.58. The minimum absolute atomic E-state index is 0.313. The Morgan fingerprint density at radius 3 is 2.14 bits per heavy atom. The van der Waals surface area contributed by atoms with Crippen molar-refractivity contribution in [2.24, 2.45) is 0 Å². The summed E-state index contributed by atoms with van der Waals surface area (Å²) in [7, 11) is 2.56. The van der Waals surface area contributed by atoms with Gasteiger partial charge in [0, 0.05) is 5.69 Å². The lowest BCUT2D eigenvalue weighted by Gasteiger charge is -2.33. The van der Waals surface area contributed by atoms with Gasteiger partial charge in [0.25, 0.3) is 0 Å². The smallest absolute Gasteiger partial charge is 0.410 e. The van der Waals surface area contributed by atoms with Crippen LogP contribution < -0.4 is 15.0 Å². The van der Waals surface area contributed by atoms with Crippen LogP contribution in [0.1, 0.15) is 17.3 Å². The average molecular weight is 394 g/mol. The van der Waals surface area contributed by atoms with Gasteiger partial charge >= 0.3 is 12.1 Å². The summed E-state index contributed by atoms with van der Waals surface area (Å²) in [6.07, 6.45) is -5.52.